The van der Waals surface area contributed by atoms with E-state index in [0.29, 0.717) is 6.79 Å². The summed E-state index contributed by atoms with van der Waals surface area (Å²) in [5.41, 5.74) is 3.19. The van der Waals surface area contributed by atoms with E-state index in [-0.39, 0.29) is 0 Å². The molecule has 0 aliphatic carbocycles. The lowest BCUT2D eigenvalue weighted by Gasteiger charge is -2.07. The van der Waals surface area contributed by atoms with Gasteiger partial charge in [0, 0.05) is 30.2 Å². The van der Waals surface area contributed by atoms with Crippen molar-refractivity contribution in [1.82, 2.24) is 4.98 Å². The molecule has 0 saturated heterocycles. The standard InChI is InChI=1S/C14H14N2O2/c1-10-2-3-11(7-15-10)8-16-12-4-5-13-14(6-12)18-9-17-13/h2-7,16H,8-9H2,1H3. The number of nitrogens with one attached hydrogen (secondary N) is 1. The van der Waals surface area contributed by atoms with E-state index in [2.05, 4.69) is 16.4 Å². The Labute approximate surface area is 106 Å². The first-order valence-electron chi connectivity index (χ1n) is 5.86. The van der Waals surface area contributed by atoms with Gasteiger partial charge in [0.2, 0.25) is 6.79 Å². The number of anilines is 1. The fourth-order valence-corrected chi connectivity index (χ4v) is 1.81. The topological polar surface area (TPSA) is 43.4 Å². The van der Waals surface area contributed by atoms with Crippen molar-refractivity contribution in [3.8, 4) is 11.5 Å². The van der Waals surface area contributed by atoms with Crippen molar-refractivity contribution >= 4 is 5.69 Å². The van der Waals surface area contributed by atoms with Crippen molar-refractivity contribution < 1.29 is 9.47 Å². The van der Waals surface area contributed by atoms with Gasteiger partial charge in [0.1, 0.15) is 0 Å². The number of benzene rings is 1. The Morgan fingerprint density at radius 1 is 1.17 bits per heavy atom. The number of aromatic nitrogens is 1. The van der Waals surface area contributed by atoms with Gasteiger partial charge in [-0.2, -0.15) is 0 Å². The summed E-state index contributed by atoms with van der Waals surface area (Å²) in [6.07, 6.45) is 1.88. The van der Waals surface area contributed by atoms with Gasteiger partial charge in [0.25, 0.3) is 0 Å². The first-order chi connectivity index (χ1) is 8.81. The van der Waals surface area contributed by atoms with Crippen LogP contribution in [-0.4, -0.2) is 11.8 Å². The van der Waals surface area contributed by atoms with Gasteiger partial charge in [0.05, 0.1) is 0 Å². The lowest BCUT2D eigenvalue weighted by atomic mass is 10.2. The van der Waals surface area contributed by atoms with Crippen molar-refractivity contribution in [2.45, 2.75) is 13.5 Å². The molecule has 4 heteroatoms. The molecule has 0 bridgehead atoms. The van der Waals surface area contributed by atoms with E-state index in [9.17, 15) is 0 Å². The average molecular weight is 242 g/mol. The number of nitrogens with zero attached hydrogens (tertiary/aromatic N) is 1. The maximum absolute atomic E-state index is 5.33. The van der Waals surface area contributed by atoms with E-state index in [0.717, 1.165) is 35.0 Å². The smallest absolute Gasteiger partial charge is 0.231 e. The summed E-state index contributed by atoms with van der Waals surface area (Å²) in [5.74, 6) is 1.60. The molecule has 0 amide bonds. The second-order valence-electron chi connectivity index (χ2n) is 4.23. The SMILES string of the molecule is Cc1ccc(CNc2ccc3c(c2)OCO3)cn1. The first-order valence-corrected chi connectivity index (χ1v) is 5.86. The molecule has 0 radical (unpaired) electrons. The number of rotatable bonds is 3. The molecular weight excluding hydrogens is 228 g/mol. The molecule has 2 heterocycles. The molecule has 0 saturated carbocycles. The molecule has 92 valence electrons. The van der Waals surface area contributed by atoms with E-state index < -0.39 is 0 Å². The highest BCUT2D eigenvalue weighted by atomic mass is 16.7. The van der Waals surface area contributed by atoms with Crippen LogP contribution in [0.1, 0.15) is 11.3 Å². The van der Waals surface area contributed by atoms with Gasteiger partial charge in [0.15, 0.2) is 11.5 Å². The van der Waals surface area contributed by atoms with Crippen molar-refractivity contribution in [1.29, 1.82) is 0 Å². The Balaban J connectivity index is 1.68. The summed E-state index contributed by atoms with van der Waals surface area (Å²) in [6, 6.07) is 9.93. The molecule has 0 fully saturated rings. The number of aryl methyl sites for hydroxylation is 1. The zero-order valence-corrected chi connectivity index (χ0v) is 10.1. The number of ether oxygens (including phenoxy) is 2. The molecule has 3 rings (SSSR count). The number of hydrogen-bond donors (Lipinski definition) is 1. The van der Waals surface area contributed by atoms with E-state index >= 15 is 0 Å². The van der Waals surface area contributed by atoms with E-state index in [4.69, 9.17) is 9.47 Å². The maximum atomic E-state index is 5.33. The van der Waals surface area contributed by atoms with Crippen LogP contribution in [0.4, 0.5) is 5.69 Å². The fraction of sp³-hybridized carbons (Fsp3) is 0.214. The van der Waals surface area contributed by atoms with Gasteiger partial charge < -0.3 is 14.8 Å². The minimum Gasteiger partial charge on any atom is -0.454 e. The largest absolute Gasteiger partial charge is 0.454 e. The Bertz CT molecular complexity index is 552. The van der Waals surface area contributed by atoms with E-state index in [1.807, 2.05) is 37.4 Å². The number of fused-ring (bicyclic) bond motifs is 1. The molecule has 1 aliphatic rings. The summed E-state index contributed by atoms with van der Waals surface area (Å²) in [4.78, 5) is 4.26. The first kappa shape index (κ1) is 10.9. The third-order valence-electron chi connectivity index (χ3n) is 2.84. The normalized spacial score (nSPS) is 12.5. The predicted molar refractivity (Wildman–Crippen MR) is 68.9 cm³/mol. The monoisotopic (exact) mass is 242 g/mol. The van der Waals surface area contributed by atoms with E-state index in [1.165, 1.54) is 0 Å². The molecule has 1 aromatic heterocycles. The zero-order chi connectivity index (χ0) is 12.4. The average Bonchev–Trinajstić information content (AvgIpc) is 2.85. The van der Waals surface area contributed by atoms with Crippen LogP contribution in [0, 0.1) is 6.92 Å². The van der Waals surface area contributed by atoms with Crippen LogP contribution in [0.3, 0.4) is 0 Å². The van der Waals surface area contributed by atoms with Crippen LogP contribution in [0.15, 0.2) is 36.5 Å². The Morgan fingerprint density at radius 3 is 2.89 bits per heavy atom. The molecular formula is C14H14N2O2. The van der Waals surface area contributed by atoms with Crippen molar-refractivity contribution in [2.75, 3.05) is 12.1 Å². The van der Waals surface area contributed by atoms with Crippen LogP contribution in [0.2, 0.25) is 0 Å². The van der Waals surface area contributed by atoms with Crippen LogP contribution in [-0.2, 0) is 6.54 Å². The molecule has 2 aromatic rings. The minimum absolute atomic E-state index is 0.306. The van der Waals surface area contributed by atoms with Gasteiger partial charge >= 0.3 is 0 Å². The molecule has 1 aliphatic heterocycles. The predicted octanol–water partition coefficient (Wildman–Crippen LogP) is 2.73. The van der Waals surface area contributed by atoms with Gasteiger partial charge in [-0.1, -0.05) is 6.07 Å². The molecule has 4 nitrogen and oxygen atoms in total. The number of pyridine rings is 1. The van der Waals surface area contributed by atoms with Crippen molar-refractivity contribution in [2.24, 2.45) is 0 Å². The van der Waals surface area contributed by atoms with Crippen molar-refractivity contribution in [3.63, 3.8) is 0 Å². The third kappa shape index (κ3) is 2.22. The van der Waals surface area contributed by atoms with Crippen LogP contribution in [0.5, 0.6) is 11.5 Å². The molecule has 1 aromatic carbocycles. The van der Waals surface area contributed by atoms with Crippen LogP contribution < -0.4 is 14.8 Å². The van der Waals surface area contributed by atoms with Gasteiger partial charge in [-0.15, -0.1) is 0 Å². The molecule has 18 heavy (non-hydrogen) atoms. The third-order valence-corrected chi connectivity index (χ3v) is 2.84. The summed E-state index contributed by atoms with van der Waals surface area (Å²) < 4.78 is 10.6. The Kier molecular flexibility index (Phi) is 2.76. The van der Waals surface area contributed by atoms with Gasteiger partial charge in [-0.05, 0) is 30.7 Å². The summed E-state index contributed by atoms with van der Waals surface area (Å²) >= 11 is 0. The lowest BCUT2D eigenvalue weighted by Crippen LogP contribution is -2.00. The summed E-state index contributed by atoms with van der Waals surface area (Å²) in [5, 5.41) is 3.33. The minimum atomic E-state index is 0.306. The highest BCUT2D eigenvalue weighted by Crippen LogP contribution is 2.34. The van der Waals surface area contributed by atoms with Gasteiger partial charge in [-0.25, -0.2) is 0 Å². The summed E-state index contributed by atoms with van der Waals surface area (Å²) in [7, 11) is 0. The van der Waals surface area contributed by atoms with Crippen molar-refractivity contribution in [3.05, 3.63) is 47.8 Å². The highest BCUT2D eigenvalue weighted by molar-refractivity contribution is 5.55. The maximum Gasteiger partial charge on any atom is 0.231 e. The van der Waals surface area contributed by atoms with Crippen LogP contribution in [0.25, 0.3) is 0 Å². The summed E-state index contributed by atoms with van der Waals surface area (Å²) in [6.45, 7) is 3.03. The lowest BCUT2D eigenvalue weighted by molar-refractivity contribution is 0.174. The Hall–Kier alpha value is -2.23. The molecule has 0 unspecified atom stereocenters. The Morgan fingerprint density at radius 2 is 2.06 bits per heavy atom. The van der Waals surface area contributed by atoms with Gasteiger partial charge in [-0.3, -0.25) is 4.98 Å². The van der Waals surface area contributed by atoms with E-state index in [1.54, 1.807) is 0 Å². The second-order valence-corrected chi connectivity index (χ2v) is 4.23. The number of hydrogen-bond acceptors (Lipinski definition) is 4. The fourth-order valence-electron chi connectivity index (χ4n) is 1.81. The molecule has 0 atom stereocenters. The molecule has 1 N–H and O–H groups in total. The second kappa shape index (κ2) is 4.56. The zero-order valence-electron chi connectivity index (χ0n) is 10.1. The quantitative estimate of drug-likeness (QED) is 0.898. The van der Waals surface area contributed by atoms with Crippen LogP contribution >= 0.6 is 0 Å². The molecule has 0 spiro atoms. The highest BCUT2D eigenvalue weighted by Gasteiger charge is 2.12.